The van der Waals surface area contributed by atoms with Gasteiger partial charge in [-0.15, -0.1) is 0 Å². The Labute approximate surface area is 112 Å². The van der Waals surface area contributed by atoms with E-state index >= 15 is 0 Å². The molecule has 0 heterocycles. The fourth-order valence-corrected chi connectivity index (χ4v) is 1.29. The minimum Gasteiger partial charge on any atom is -0.465 e. The first-order valence-corrected chi connectivity index (χ1v) is 5.42. The second-order valence-electron chi connectivity index (χ2n) is 3.84. The Hall–Kier alpha value is -2.25. The van der Waals surface area contributed by atoms with E-state index in [-0.39, 0.29) is 11.3 Å². The molecule has 1 N–H and O–H groups in total. The zero-order chi connectivity index (χ0) is 15.3. The van der Waals surface area contributed by atoms with E-state index in [1.54, 1.807) is 6.92 Å². The molecule has 0 aliphatic heterocycles. The molecule has 0 fully saturated rings. The molecule has 0 bridgehead atoms. The SMILES string of the molecule is COC(=O)c1ccc(C)c(NC(=O)OCC(F)(F)F)c1. The van der Waals surface area contributed by atoms with Gasteiger partial charge in [-0.1, -0.05) is 6.07 Å². The van der Waals surface area contributed by atoms with Gasteiger partial charge in [0.15, 0.2) is 6.61 Å². The Morgan fingerprint density at radius 2 is 1.95 bits per heavy atom. The van der Waals surface area contributed by atoms with Gasteiger partial charge in [0.05, 0.1) is 12.7 Å². The highest BCUT2D eigenvalue weighted by Gasteiger charge is 2.29. The molecular weight excluding hydrogens is 279 g/mol. The molecule has 1 aromatic carbocycles. The third kappa shape index (κ3) is 4.79. The molecular formula is C12H12F3NO4. The van der Waals surface area contributed by atoms with Crippen LogP contribution in [0.5, 0.6) is 0 Å². The summed E-state index contributed by atoms with van der Waals surface area (Å²) in [6.45, 7) is -0.0744. The van der Waals surface area contributed by atoms with Gasteiger partial charge in [-0.3, -0.25) is 5.32 Å². The fourth-order valence-electron chi connectivity index (χ4n) is 1.29. The standard InChI is InChI=1S/C12H12F3NO4/c1-7-3-4-8(10(17)19-2)5-9(7)16-11(18)20-6-12(13,14)15/h3-5H,6H2,1-2H3,(H,16,18). The lowest BCUT2D eigenvalue weighted by Crippen LogP contribution is -2.23. The smallest absolute Gasteiger partial charge is 0.422 e. The molecule has 20 heavy (non-hydrogen) atoms. The van der Waals surface area contributed by atoms with E-state index in [0.717, 1.165) is 0 Å². The molecule has 1 amide bonds. The quantitative estimate of drug-likeness (QED) is 0.870. The van der Waals surface area contributed by atoms with E-state index in [0.29, 0.717) is 5.56 Å². The summed E-state index contributed by atoms with van der Waals surface area (Å²) >= 11 is 0. The maximum absolute atomic E-state index is 11.9. The minimum absolute atomic E-state index is 0.157. The van der Waals surface area contributed by atoms with Gasteiger partial charge in [-0.25, -0.2) is 9.59 Å². The van der Waals surface area contributed by atoms with Crippen LogP contribution in [-0.4, -0.2) is 32.0 Å². The van der Waals surface area contributed by atoms with Crippen LogP contribution in [0.2, 0.25) is 0 Å². The van der Waals surface area contributed by atoms with Gasteiger partial charge in [0.1, 0.15) is 0 Å². The largest absolute Gasteiger partial charge is 0.465 e. The number of carbonyl (C=O) groups is 2. The van der Waals surface area contributed by atoms with Crippen LogP contribution < -0.4 is 5.32 Å². The summed E-state index contributed by atoms with van der Waals surface area (Å²) < 4.78 is 44.1. The first-order valence-electron chi connectivity index (χ1n) is 5.42. The summed E-state index contributed by atoms with van der Waals surface area (Å²) in [7, 11) is 1.19. The van der Waals surface area contributed by atoms with Crippen molar-refractivity contribution < 1.29 is 32.2 Å². The van der Waals surface area contributed by atoms with E-state index in [9.17, 15) is 22.8 Å². The van der Waals surface area contributed by atoms with Crippen LogP contribution >= 0.6 is 0 Å². The van der Waals surface area contributed by atoms with Crippen molar-refractivity contribution in [3.05, 3.63) is 29.3 Å². The number of esters is 1. The van der Waals surface area contributed by atoms with Gasteiger partial charge in [0.25, 0.3) is 0 Å². The van der Waals surface area contributed by atoms with Crippen LogP contribution in [0.25, 0.3) is 0 Å². The van der Waals surface area contributed by atoms with Crippen LogP contribution in [0.15, 0.2) is 18.2 Å². The number of benzene rings is 1. The summed E-state index contributed by atoms with van der Waals surface area (Å²) in [5, 5.41) is 2.13. The van der Waals surface area contributed by atoms with E-state index in [2.05, 4.69) is 14.8 Å². The van der Waals surface area contributed by atoms with Crippen molar-refractivity contribution in [1.82, 2.24) is 0 Å². The Kier molecular flexibility index (Phi) is 4.95. The molecule has 0 saturated heterocycles. The monoisotopic (exact) mass is 291 g/mol. The maximum atomic E-state index is 11.9. The number of rotatable bonds is 3. The Morgan fingerprint density at radius 3 is 2.50 bits per heavy atom. The average Bonchev–Trinajstić information content (AvgIpc) is 2.37. The van der Waals surface area contributed by atoms with E-state index in [4.69, 9.17) is 0 Å². The van der Waals surface area contributed by atoms with Gasteiger partial charge < -0.3 is 9.47 Å². The van der Waals surface area contributed by atoms with Crippen molar-refractivity contribution in [1.29, 1.82) is 0 Å². The Morgan fingerprint density at radius 1 is 1.30 bits per heavy atom. The highest BCUT2D eigenvalue weighted by Crippen LogP contribution is 2.19. The number of halogens is 3. The van der Waals surface area contributed by atoms with Crippen molar-refractivity contribution in [3.8, 4) is 0 Å². The topological polar surface area (TPSA) is 64.6 Å². The molecule has 0 radical (unpaired) electrons. The molecule has 0 aromatic heterocycles. The molecule has 0 spiro atoms. The number of methoxy groups -OCH3 is 1. The average molecular weight is 291 g/mol. The first kappa shape index (κ1) is 15.8. The van der Waals surface area contributed by atoms with Crippen molar-refractivity contribution in [3.63, 3.8) is 0 Å². The van der Waals surface area contributed by atoms with Gasteiger partial charge in [0, 0.05) is 5.69 Å². The molecule has 0 atom stereocenters. The number of ether oxygens (including phenoxy) is 2. The molecule has 110 valence electrons. The zero-order valence-electron chi connectivity index (χ0n) is 10.7. The van der Waals surface area contributed by atoms with E-state index < -0.39 is 24.8 Å². The van der Waals surface area contributed by atoms with Crippen molar-refractivity contribution in [2.75, 3.05) is 19.0 Å². The lowest BCUT2D eigenvalue weighted by atomic mass is 10.1. The number of alkyl halides is 3. The van der Waals surface area contributed by atoms with Gasteiger partial charge in [0.2, 0.25) is 0 Å². The van der Waals surface area contributed by atoms with Crippen LogP contribution in [-0.2, 0) is 9.47 Å². The molecule has 1 aromatic rings. The molecule has 5 nitrogen and oxygen atoms in total. The van der Waals surface area contributed by atoms with E-state index in [1.165, 1.54) is 25.3 Å². The van der Waals surface area contributed by atoms with E-state index in [1.807, 2.05) is 0 Å². The number of hydrogen-bond acceptors (Lipinski definition) is 4. The molecule has 0 unspecified atom stereocenters. The number of aryl methyl sites for hydroxylation is 1. The summed E-state index contributed by atoms with van der Waals surface area (Å²) in [6, 6.07) is 4.27. The van der Waals surface area contributed by atoms with Crippen LogP contribution in [0.1, 0.15) is 15.9 Å². The van der Waals surface area contributed by atoms with Crippen molar-refractivity contribution >= 4 is 17.7 Å². The summed E-state index contributed by atoms with van der Waals surface area (Å²) in [5.41, 5.74) is 0.880. The predicted molar refractivity (Wildman–Crippen MR) is 63.5 cm³/mol. The van der Waals surface area contributed by atoms with Crippen LogP contribution in [0, 0.1) is 6.92 Å². The summed E-state index contributed by atoms with van der Waals surface area (Å²) in [4.78, 5) is 22.5. The predicted octanol–water partition coefficient (Wildman–Crippen LogP) is 2.89. The number of amides is 1. The Bertz CT molecular complexity index is 514. The summed E-state index contributed by atoms with van der Waals surface area (Å²) in [6.07, 6.45) is -5.85. The maximum Gasteiger partial charge on any atom is 0.422 e. The lowest BCUT2D eigenvalue weighted by Gasteiger charge is -2.11. The zero-order valence-corrected chi connectivity index (χ0v) is 10.7. The number of hydrogen-bond donors (Lipinski definition) is 1. The molecule has 1 rings (SSSR count). The summed E-state index contributed by atoms with van der Waals surface area (Å²) in [5.74, 6) is -0.628. The number of anilines is 1. The number of nitrogens with one attached hydrogen (secondary N) is 1. The third-order valence-electron chi connectivity index (χ3n) is 2.26. The molecule has 0 aliphatic rings. The second-order valence-corrected chi connectivity index (χ2v) is 3.84. The number of carbonyl (C=O) groups excluding carboxylic acids is 2. The highest BCUT2D eigenvalue weighted by atomic mass is 19.4. The van der Waals surface area contributed by atoms with Gasteiger partial charge >= 0.3 is 18.2 Å². The van der Waals surface area contributed by atoms with Gasteiger partial charge in [-0.05, 0) is 24.6 Å². The fraction of sp³-hybridized carbons (Fsp3) is 0.333. The third-order valence-corrected chi connectivity index (χ3v) is 2.26. The highest BCUT2D eigenvalue weighted by molar-refractivity contribution is 5.93. The molecule has 0 aliphatic carbocycles. The normalized spacial score (nSPS) is 10.8. The lowest BCUT2D eigenvalue weighted by molar-refractivity contribution is -0.159. The molecule has 0 saturated carbocycles. The second kappa shape index (κ2) is 6.27. The van der Waals surface area contributed by atoms with Crippen LogP contribution in [0.3, 0.4) is 0 Å². The van der Waals surface area contributed by atoms with Crippen molar-refractivity contribution in [2.24, 2.45) is 0 Å². The Balaban J connectivity index is 2.76. The van der Waals surface area contributed by atoms with Crippen molar-refractivity contribution in [2.45, 2.75) is 13.1 Å². The van der Waals surface area contributed by atoms with Crippen LogP contribution in [0.4, 0.5) is 23.7 Å². The molecule has 8 heteroatoms. The van der Waals surface area contributed by atoms with Gasteiger partial charge in [-0.2, -0.15) is 13.2 Å². The minimum atomic E-state index is -4.60. The first-order chi connectivity index (χ1) is 9.23.